The molecule has 0 saturated heterocycles. The van der Waals surface area contributed by atoms with E-state index in [1.807, 2.05) is 20.8 Å². The number of benzene rings is 2. The van der Waals surface area contributed by atoms with Crippen LogP contribution in [0.5, 0.6) is 0 Å². The SMILES string of the molecule is Cc1cc(C)c2nc(NC(=O)c3oc4ccc(Cl)cc4c3C)sc2c1. The Balaban J connectivity index is 1.70. The van der Waals surface area contributed by atoms with Crippen LogP contribution in [0.1, 0.15) is 27.2 Å². The van der Waals surface area contributed by atoms with E-state index >= 15 is 0 Å². The third-order valence-electron chi connectivity index (χ3n) is 4.15. The van der Waals surface area contributed by atoms with Crippen LogP contribution in [-0.2, 0) is 0 Å². The summed E-state index contributed by atoms with van der Waals surface area (Å²) in [6.45, 7) is 5.92. The topological polar surface area (TPSA) is 55.1 Å². The van der Waals surface area contributed by atoms with Gasteiger partial charge in [-0.3, -0.25) is 10.1 Å². The van der Waals surface area contributed by atoms with Crippen molar-refractivity contribution in [3.05, 3.63) is 57.8 Å². The molecular formula is C19H15ClN2O2S. The van der Waals surface area contributed by atoms with Gasteiger partial charge in [0.05, 0.1) is 10.2 Å². The molecule has 4 nitrogen and oxygen atoms in total. The van der Waals surface area contributed by atoms with Crippen LogP contribution in [0.4, 0.5) is 5.13 Å². The molecule has 0 saturated carbocycles. The predicted molar refractivity (Wildman–Crippen MR) is 103 cm³/mol. The van der Waals surface area contributed by atoms with Gasteiger partial charge in [0.15, 0.2) is 10.9 Å². The van der Waals surface area contributed by atoms with Gasteiger partial charge in [0.1, 0.15) is 5.58 Å². The normalized spacial score (nSPS) is 11.4. The molecule has 0 aliphatic rings. The van der Waals surface area contributed by atoms with Crippen LogP contribution in [0.15, 0.2) is 34.7 Å². The van der Waals surface area contributed by atoms with E-state index in [4.69, 9.17) is 16.0 Å². The zero-order valence-electron chi connectivity index (χ0n) is 13.9. The van der Waals surface area contributed by atoms with Gasteiger partial charge in [0, 0.05) is 16.0 Å². The molecule has 25 heavy (non-hydrogen) atoms. The lowest BCUT2D eigenvalue weighted by Gasteiger charge is -1.99. The standard InChI is InChI=1S/C19H15ClN2O2S/c1-9-6-10(2)16-15(7-9)25-19(21-16)22-18(23)17-11(3)13-8-12(20)4-5-14(13)24-17/h4-8H,1-3H3,(H,21,22,23). The number of hydrogen-bond donors (Lipinski definition) is 1. The molecule has 6 heteroatoms. The molecule has 0 aliphatic heterocycles. The number of aromatic nitrogens is 1. The van der Waals surface area contributed by atoms with Crippen molar-refractivity contribution in [3.63, 3.8) is 0 Å². The highest BCUT2D eigenvalue weighted by molar-refractivity contribution is 7.22. The van der Waals surface area contributed by atoms with Crippen molar-refractivity contribution in [1.29, 1.82) is 0 Å². The van der Waals surface area contributed by atoms with Crippen molar-refractivity contribution in [2.45, 2.75) is 20.8 Å². The van der Waals surface area contributed by atoms with Crippen molar-refractivity contribution in [3.8, 4) is 0 Å². The number of hydrogen-bond acceptors (Lipinski definition) is 4. The lowest BCUT2D eigenvalue weighted by atomic mass is 10.1. The van der Waals surface area contributed by atoms with Crippen LogP contribution in [0.3, 0.4) is 0 Å². The van der Waals surface area contributed by atoms with E-state index in [0.29, 0.717) is 15.7 Å². The van der Waals surface area contributed by atoms with Crippen molar-refractivity contribution in [1.82, 2.24) is 4.98 Å². The number of thiazole rings is 1. The van der Waals surface area contributed by atoms with Crippen LogP contribution >= 0.6 is 22.9 Å². The van der Waals surface area contributed by atoms with Gasteiger partial charge in [-0.2, -0.15) is 0 Å². The minimum absolute atomic E-state index is 0.282. The minimum atomic E-state index is -0.307. The van der Waals surface area contributed by atoms with Crippen LogP contribution in [0.2, 0.25) is 5.02 Å². The molecule has 0 spiro atoms. The Bertz CT molecular complexity index is 1140. The van der Waals surface area contributed by atoms with Crippen molar-refractivity contribution >= 4 is 55.2 Å². The fraction of sp³-hybridized carbons (Fsp3) is 0.158. The predicted octanol–water partition coefficient (Wildman–Crippen LogP) is 5.87. The Hall–Kier alpha value is -2.37. The second kappa shape index (κ2) is 5.86. The molecule has 4 rings (SSSR count). The van der Waals surface area contributed by atoms with Crippen LogP contribution in [0, 0.1) is 20.8 Å². The van der Waals surface area contributed by atoms with E-state index in [-0.39, 0.29) is 11.7 Å². The summed E-state index contributed by atoms with van der Waals surface area (Å²) in [5, 5.41) is 4.87. The van der Waals surface area contributed by atoms with Crippen molar-refractivity contribution in [2.24, 2.45) is 0 Å². The maximum atomic E-state index is 12.6. The molecule has 4 aromatic rings. The number of nitrogens with one attached hydrogen (secondary N) is 1. The first kappa shape index (κ1) is 16.1. The maximum Gasteiger partial charge on any atom is 0.293 e. The third-order valence-corrected chi connectivity index (χ3v) is 5.31. The van der Waals surface area contributed by atoms with Gasteiger partial charge < -0.3 is 4.42 Å². The molecule has 0 unspecified atom stereocenters. The van der Waals surface area contributed by atoms with Crippen molar-refractivity contribution < 1.29 is 9.21 Å². The van der Waals surface area contributed by atoms with E-state index in [1.54, 1.807) is 18.2 Å². The molecule has 126 valence electrons. The van der Waals surface area contributed by atoms with E-state index < -0.39 is 0 Å². The number of carbonyl (C=O) groups is 1. The first-order valence-electron chi connectivity index (χ1n) is 7.80. The number of furan rings is 1. The molecule has 0 atom stereocenters. The van der Waals surface area contributed by atoms with Gasteiger partial charge in [-0.25, -0.2) is 4.98 Å². The quantitative estimate of drug-likeness (QED) is 0.479. The second-order valence-corrected chi connectivity index (χ2v) is 7.57. The number of carbonyl (C=O) groups excluding carboxylic acids is 1. The van der Waals surface area contributed by atoms with E-state index in [2.05, 4.69) is 22.4 Å². The fourth-order valence-electron chi connectivity index (χ4n) is 2.99. The van der Waals surface area contributed by atoms with Gasteiger partial charge in [-0.1, -0.05) is 29.0 Å². The molecule has 2 aromatic heterocycles. The highest BCUT2D eigenvalue weighted by atomic mass is 35.5. The molecule has 0 radical (unpaired) electrons. The largest absolute Gasteiger partial charge is 0.451 e. The molecule has 2 aromatic carbocycles. The van der Waals surface area contributed by atoms with Gasteiger partial charge in [-0.15, -0.1) is 0 Å². The molecule has 0 fully saturated rings. The summed E-state index contributed by atoms with van der Waals surface area (Å²) in [4.78, 5) is 17.2. The number of amides is 1. The highest BCUT2D eigenvalue weighted by Gasteiger charge is 2.19. The summed E-state index contributed by atoms with van der Waals surface area (Å²) in [6, 6.07) is 9.47. The lowest BCUT2D eigenvalue weighted by Crippen LogP contribution is -2.11. The van der Waals surface area contributed by atoms with Crippen LogP contribution in [0.25, 0.3) is 21.2 Å². The first-order valence-corrected chi connectivity index (χ1v) is 8.99. The Labute approximate surface area is 153 Å². The van der Waals surface area contributed by atoms with Gasteiger partial charge >= 0.3 is 0 Å². The van der Waals surface area contributed by atoms with Gasteiger partial charge in [0.2, 0.25) is 0 Å². The maximum absolute atomic E-state index is 12.6. The third kappa shape index (κ3) is 2.79. The zero-order chi connectivity index (χ0) is 17.7. The van der Waals surface area contributed by atoms with Crippen LogP contribution in [-0.4, -0.2) is 10.9 Å². The average Bonchev–Trinajstić information content (AvgIpc) is 3.09. The summed E-state index contributed by atoms with van der Waals surface area (Å²) in [6.07, 6.45) is 0. The molecular weight excluding hydrogens is 356 g/mol. The van der Waals surface area contributed by atoms with E-state index in [9.17, 15) is 4.79 Å². The number of anilines is 1. The van der Waals surface area contributed by atoms with E-state index in [0.717, 1.165) is 26.7 Å². The fourth-order valence-corrected chi connectivity index (χ4v) is 4.20. The zero-order valence-corrected chi connectivity index (χ0v) is 15.5. The molecule has 1 amide bonds. The summed E-state index contributed by atoms with van der Waals surface area (Å²) in [5.74, 6) is -0.0253. The van der Waals surface area contributed by atoms with Gasteiger partial charge in [0.25, 0.3) is 5.91 Å². The lowest BCUT2D eigenvalue weighted by molar-refractivity contribution is 0.0998. The number of halogens is 1. The highest BCUT2D eigenvalue weighted by Crippen LogP contribution is 2.31. The Morgan fingerprint density at radius 2 is 2.00 bits per heavy atom. The van der Waals surface area contributed by atoms with E-state index in [1.165, 1.54) is 16.9 Å². The van der Waals surface area contributed by atoms with Crippen LogP contribution < -0.4 is 5.32 Å². The number of fused-ring (bicyclic) bond motifs is 2. The van der Waals surface area contributed by atoms with Gasteiger partial charge in [-0.05, 0) is 56.2 Å². The summed E-state index contributed by atoms with van der Waals surface area (Å²) < 4.78 is 6.77. The number of rotatable bonds is 2. The Morgan fingerprint density at radius 1 is 1.20 bits per heavy atom. The summed E-state index contributed by atoms with van der Waals surface area (Å²) in [5.41, 5.74) is 4.60. The molecule has 1 N–H and O–H groups in total. The molecule has 2 heterocycles. The molecule has 0 bridgehead atoms. The minimum Gasteiger partial charge on any atom is -0.451 e. The second-order valence-electron chi connectivity index (χ2n) is 6.10. The Kier molecular flexibility index (Phi) is 3.78. The summed E-state index contributed by atoms with van der Waals surface area (Å²) >= 11 is 7.49. The summed E-state index contributed by atoms with van der Waals surface area (Å²) in [7, 11) is 0. The number of aryl methyl sites for hydroxylation is 3. The monoisotopic (exact) mass is 370 g/mol. The first-order chi connectivity index (χ1) is 11.9. The smallest absolute Gasteiger partial charge is 0.293 e. The number of nitrogens with zero attached hydrogens (tertiary/aromatic N) is 1. The van der Waals surface area contributed by atoms with Crippen molar-refractivity contribution in [2.75, 3.05) is 5.32 Å². The molecule has 0 aliphatic carbocycles. The Morgan fingerprint density at radius 3 is 2.80 bits per heavy atom. The average molecular weight is 371 g/mol.